The molecule has 7 aliphatic rings. The summed E-state index contributed by atoms with van der Waals surface area (Å²) < 4.78 is 20.3. The quantitative estimate of drug-likeness (QED) is 0.0913. The summed E-state index contributed by atoms with van der Waals surface area (Å²) in [6, 6.07) is 3.75. The maximum absolute atomic E-state index is 15.5. The molecule has 1 aromatic carbocycles. The minimum Gasteiger partial charge on any atom is -0.504 e. The second kappa shape index (κ2) is 20.4. The number of hydrogen-bond acceptors (Lipinski definition) is 12. The van der Waals surface area contributed by atoms with Crippen LogP contribution in [0, 0.1) is 52.3 Å². The molecule has 0 radical (unpaired) electrons. The molecule has 0 bridgehead atoms. The monoisotopic (exact) mass is 905 g/mol. The van der Waals surface area contributed by atoms with Crippen molar-refractivity contribution >= 4 is 17.8 Å². The summed E-state index contributed by atoms with van der Waals surface area (Å²) in [5.41, 5.74) is -0.286. The van der Waals surface area contributed by atoms with E-state index in [0.29, 0.717) is 102 Å². The molecule has 3 heterocycles. The summed E-state index contributed by atoms with van der Waals surface area (Å²) in [5, 5.41) is 61.3. The van der Waals surface area contributed by atoms with Gasteiger partial charge in [-0.1, -0.05) is 37.7 Å². The van der Waals surface area contributed by atoms with E-state index in [1.54, 1.807) is 13.0 Å². The van der Waals surface area contributed by atoms with Gasteiger partial charge in [-0.2, -0.15) is 0 Å². The molecule has 1 spiro atoms. The van der Waals surface area contributed by atoms with Crippen molar-refractivity contribution < 1.29 is 54.1 Å². The number of fused-ring (bicyclic) bond motifs is 4. The molecule has 2 saturated heterocycles. The van der Waals surface area contributed by atoms with E-state index in [1.807, 2.05) is 6.07 Å². The van der Waals surface area contributed by atoms with Gasteiger partial charge in [0.25, 0.3) is 0 Å². The predicted molar refractivity (Wildman–Crippen MR) is 243 cm³/mol. The number of aliphatic hydroxyl groups is 4. The van der Waals surface area contributed by atoms with Crippen LogP contribution in [0.15, 0.2) is 12.1 Å². The lowest BCUT2D eigenvalue weighted by Gasteiger charge is -2.56. The van der Waals surface area contributed by atoms with Gasteiger partial charge in [-0.15, -0.1) is 5.92 Å². The first kappa shape index (κ1) is 48.1. The van der Waals surface area contributed by atoms with Crippen LogP contribution >= 0.6 is 0 Å². The third-order valence-corrected chi connectivity index (χ3v) is 17.7. The van der Waals surface area contributed by atoms with E-state index in [9.17, 15) is 35.1 Å². The van der Waals surface area contributed by atoms with Gasteiger partial charge in [0.2, 0.25) is 5.91 Å². The van der Waals surface area contributed by atoms with Gasteiger partial charge in [0.15, 0.2) is 11.5 Å². The molecule has 0 aromatic heterocycles. The second-order valence-corrected chi connectivity index (χ2v) is 21.4. The number of esters is 2. The molecule has 1 amide bonds. The van der Waals surface area contributed by atoms with Gasteiger partial charge in [0.05, 0.1) is 18.8 Å². The number of ether oxygens (including phenoxy) is 3. The molecular weight excluding hydrogens is 829 g/mol. The summed E-state index contributed by atoms with van der Waals surface area (Å²) >= 11 is 0. The molecule has 0 unspecified atom stereocenters. The highest BCUT2D eigenvalue weighted by atomic mass is 16.6. The molecule has 360 valence electrons. The largest absolute Gasteiger partial charge is 0.504 e. The van der Waals surface area contributed by atoms with Gasteiger partial charge in [-0.05, 0) is 133 Å². The van der Waals surface area contributed by atoms with Crippen molar-refractivity contribution in [2.45, 2.75) is 184 Å². The van der Waals surface area contributed by atoms with E-state index in [1.165, 1.54) is 6.92 Å². The highest BCUT2D eigenvalue weighted by Gasteiger charge is 2.60. The Morgan fingerprint density at radius 3 is 2.48 bits per heavy atom. The van der Waals surface area contributed by atoms with Gasteiger partial charge < -0.3 is 50.4 Å². The average Bonchev–Trinajstić information content (AvgIpc) is 3.78. The molecule has 13 nitrogen and oxygen atoms in total. The normalized spacial score (nSPS) is 34.7. The molecule has 2 saturated carbocycles. The molecule has 4 aliphatic carbocycles. The summed E-state index contributed by atoms with van der Waals surface area (Å²) in [6.07, 6.45) is 9.39. The predicted octanol–water partition coefficient (Wildman–Crippen LogP) is 5.91. The van der Waals surface area contributed by atoms with E-state index >= 15 is 4.79 Å². The van der Waals surface area contributed by atoms with Crippen LogP contribution < -0.4 is 15.4 Å². The topological polar surface area (TPSA) is 204 Å². The number of rotatable bonds is 13. The number of aliphatic hydroxyl groups excluding tert-OH is 4. The fourth-order valence-corrected chi connectivity index (χ4v) is 14.6. The smallest absolute Gasteiger partial charge is 0.332 e. The van der Waals surface area contributed by atoms with Crippen molar-refractivity contribution in [2.24, 2.45) is 40.4 Å². The second-order valence-electron chi connectivity index (χ2n) is 21.4. The van der Waals surface area contributed by atoms with Crippen LogP contribution in [0.3, 0.4) is 0 Å². The Kier molecular flexibility index (Phi) is 15.1. The Hall–Kier alpha value is -3.41. The van der Waals surface area contributed by atoms with Crippen molar-refractivity contribution in [1.29, 1.82) is 0 Å². The number of nitrogens with one attached hydrogen (secondary N) is 2. The first-order valence-electron chi connectivity index (χ1n) is 25.3. The first-order chi connectivity index (χ1) is 31.3. The fraction of sp³-hybridized carbons (Fsp3) is 0.788. The van der Waals surface area contributed by atoms with E-state index in [0.717, 1.165) is 56.1 Å². The van der Waals surface area contributed by atoms with Crippen LogP contribution in [-0.2, 0) is 23.9 Å². The van der Waals surface area contributed by atoms with Crippen molar-refractivity contribution in [2.75, 3.05) is 32.9 Å². The van der Waals surface area contributed by atoms with Crippen molar-refractivity contribution in [3.8, 4) is 23.3 Å². The molecule has 3 aliphatic heterocycles. The summed E-state index contributed by atoms with van der Waals surface area (Å²) in [7, 11) is 0. The van der Waals surface area contributed by atoms with Gasteiger partial charge >= 0.3 is 11.9 Å². The Morgan fingerprint density at radius 2 is 1.75 bits per heavy atom. The van der Waals surface area contributed by atoms with Crippen LogP contribution in [-0.4, -0.2) is 106 Å². The van der Waals surface area contributed by atoms with Gasteiger partial charge in [-0.3, -0.25) is 9.59 Å². The molecule has 8 rings (SSSR count). The average molecular weight is 905 g/mol. The maximum atomic E-state index is 15.5. The maximum Gasteiger partial charge on any atom is 0.332 e. The van der Waals surface area contributed by atoms with Crippen molar-refractivity contribution in [3.05, 3.63) is 23.3 Å². The van der Waals surface area contributed by atoms with Crippen LogP contribution in [0.25, 0.3) is 0 Å². The Bertz CT molecular complexity index is 1910. The third kappa shape index (κ3) is 9.55. The first-order valence-corrected chi connectivity index (χ1v) is 25.3. The molecular formula is C52H76N2O11. The lowest BCUT2D eigenvalue weighted by molar-refractivity contribution is -0.183. The fourth-order valence-electron chi connectivity index (χ4n) is 14.6. The number of hydrogen-bond donors (Lipinski definition) is 7. The van der Waals surface area contributed by atoms with E-state index in [4.69, 9.17) is 14.2 Å². The van der Waals surface area contributed by atoms with Crippen LogP contribution in [0.1, 0.15) is 165 Å². The van der Waals surface area contributed by atoms with Gasteiger partial charge in [0.1, 0.15) is 17.7 Å². The van der Waals surface area contributed by atoms with Gasteiger partial charge in [-0.25, -0.2) is 4.79 Å². The molecule has 12 atom stereocenters. The van der Waals surface area contributed by atoms with Crippen LogP contribution in [0.2, 0.25) is 0 Å². The number of carbonyl (C=O) groups is 3. The number of carbonyl (C=O) groups excluding carboxylic acids is 3. The van der Waals surface area contributed by atoms with Crippen molar-refractivity contribution in [3.63, 3.8) is 0 Å². The summed E-state index contributed by atoms with van der Waals surface area (Å²) in [6.45, 7) is 4.83. The SMILES string of the molecule is CC(=O)O[C@H]1C[C@@H](OC(=O)[C@@]23CCCC[C@@H]2CCC(=O)N3)C2(CCNCC2)[C@@H]2c3ccc(O)c4c3[C@H](C[C@@H]2C#CC[C@H](C[C@H](C)O)[C@H]1CC[C@H](O)CCCO)[C@H](C1(CO)CCCC1)CO4. The molecule has 1 aromatic rings. The molecule has 65 heavy (non-hydrogen) atoms. The lowest BCUT2D eigenvalue weighted by Crippen LogP contribution is -2.65. The molecule has 13 heteroatoms. The standard InChI is InChI=1S/C52H76N2O11/c1-32(57)27-34-9-7-10-35-28-40-41(50(31-56)19-5-6-20-50)30-63-48-42(60)17-16-39(46(40)48)47(35)51(22-24-53-25-23-51)44(29-43(64-33(2)58)38(34)15-14-37(59)12-8-26-55)65-49(62)52-21-4-3-11-36(52)13-18-45(61)54-52/h16-17,32,34-38,40-41,43-44,47,53,55-57,59-60H,3-6,8-9,11-15,18-31H2,1-2H3,(H,54,61)/t32-,34+,35-,36+,37+,38+,40+,41+,43-,44+,47-,52+/m0/s1. The van der Waals surface area contributed by atoms with Crippen LogP contribution in [0.5, 0.6) is 11.5 Å². The Balaban J connectivity index is 1.32. The van der Waals surface area contributed by atoms with E-state index < -0.39 is 47.3 Å². The van der Waals surface area contributed by atoms with E-state index in [2.05, 4.69) is 22.5 Å². The summed E-state index contributed by atoms with van der Waals surface area (Å²) in [5.74, 6) is 5.72. The van der Waals surface area contributed by atoms with E-state index in [-0.39, 0.29) is 78.1 Å². The highest BCUT2D eigenvalue weighted by Crippen LogP contribution is 2.65. The number of amides is 1. The zero-order chi connectivity index (χ0) is 45.9. The van der Waals surface area contributed by atoms with Crippen LogP contribution in [0.4, 0.5) is 0 Å². The van der Waals surface area contributed by atoms with Gasteiger partial charge in [0, 0.05) is 79.5 Å². The Morgan fingerprint density at radius 1 is 0.985 bits per heavy atom. The number of phenolic OH excluding ortho intramolecular Hbond substituents is 1. The highest BCUT2D eigenvalue weighted by molar-refractivity contribution is 5.90. The minimum atomic E-state index is -1.18. The molecule has 4 fully saturated rings. The number of aromatic hydroxyl groups is 1. The zero-order valence-corrected chi connectivity index (χ0v) is 38.9. The Labute approximate surface area is 385 Å². The lowest BCUT2D eigenvalue weighted by atomic mass is 9.51. The number of piperidine rings is 2. The third-order valence-electron chi connectivity index (χ3n) is 17.7. The number of phenols is 1. The minimum absolute atomic E-state index is 0.00296. The number of benzene rings is 1. The zero-order valence-electron chi connectivity index (χ0n) is 38.9. The molecule has 7 N–H and O–H groups in total. The van der Waals surface area contributed by atoms with Crippen molar-refractivity contribution in [1.82, 2.24) is 10.6 Å². The summed E-state index contributed by atoms with van der Waals surface area (Å²) in [4.78, 5) is 42.1.